The number of hydrogen-bond acceptors (Lipinski definition) is 2. The average molecular weight is 363 g/mol. The van der Waals surface area contributed by atoms with Crippen molar-refractivity contribution in [3.8, 4) is 5.75 Å². The van der Waals surface area contributed by atoms with Crippen molar-refractivity contribution in [2.75, 3.05) is 13.7 Å². The summed E-state index contributed by atoms with van der Waals surface area (Å²) in [5.74, 6) is 1.65. The number of ether oxygens (including phenoxy) is 1. The van der Waals surface area contributed by atoms with Crippen molar-refractivity contribution in [1.29, 1.82) is 0 Å². The van der Waals surface area contributed by atoms with E-state index in [4.69, 9.17) is 4.74 Å². The van der Waals surface area contributed by atoms with E-state index < -0.39 is 0 Å². The van der Waals surface area contributed by atoms with E-state index in [-0.39, 0.29) is 0 Å². The lowest BCUT2D eigenvalue weighted by Crippen LogP contribution is -2.18. The summed E-state index contributed by atoms with van der Waals surface area (Å²) in [6, 6.07) is 4.59. The van der Waals surface area contributed by atoms with Gasteiger partial charge in [-0.25, -0.2) is 0 Å². The smallest absolute Gasteiger partial charge is 0.137 e. The fourth-order valence-corrected chi connectivity index (χ4v) is 4.01. The summed E-state index contributed by atoms with van der Waals surface area (Å²) in [5, 5.41) is 3.58. The monoisotopic (exact) mass is 361 g/mol. The molecule has 0 aliphatic carbocycles. The third-order valence-corrected chi connectivity index (χ3v) is 4.50. The highest BCUT2D eigenvalue weighted by molar-refractivity contribution is 9.11. The Bertz CT molecular complexity index is 409. The van der Waals surface area contributed by atoms with Crippen LogP contribution in [0, 0.1) is 5.92 Å². The highest BCUT2D eigenvalue weighted by Gasteiger charge is 2.29. The summed E-state index contributed by atoms with van der Waals surface area (Å²) in [6.07, 6.45) is 2.44. The van der Waals surface area contributed by atoms with Crippen LogP contribution in [0.4, 0.5) is 0 Å². The fraction of sp³-hybridized carbons (Fsp3) is 0.538. The Labute approximate surface area is 119 Å². The van der Waals surface area contributed by atoms with Gasteiger partial charge in [0.2, 0.25) is 0 Å². The SMILES string of the molecule is CCC1CCNC1c1cc(Br)cc(Br)c1OC. The van der Waals surface area contributed by atoms with Crippen LogP contribution in [-0.2, 0) is 0 Å². The van der Waals surface area contributed by atoms with E-state index in [0.717, 1.165) is 21.2 Å². The maximum absolute atomic E-state index is 5.53. The first-order chi connectivity index (χ1) is 8.17. The summed E-state index contributed by atoms with van der Waals surface area (Å²) in [5.41, 5.74) is 1.25. The van der Waals surface area contributed by atoms with Crippen LogP contribution in [0.15, 0.2) is 21.1 Å². The molecule has 0 spiro atoms. The second kappa shape index (κ2) is 5.72. The molecule has 1 aliphatic heterocycles. The molecule has 4 heteroatoms. The van der Waals surface area contributed by atoms with Gasteiger partial charge in [0.25, 0.3) is 0 Å². The van der Waals surface area contributed by atoms with E-state index in [1.807, 2.05) is 6.07 Å². The van der Waals surface area contributed by atoms with Crippen molar-refractivity contribution in [2.45, 2.75) is 25.8 Å². The first-order valence-corrected chi connectivity index (χ1v) is 7.52. The Kier molecular flexibility index (Phi) is 4.50. The molecule has 1 heterocycles. The lowest BCUT2D eigenvalue weighted by molar-refractivity contribution is 0.383. The topological polar surface area (TPSA) is 21.3 Å². The number of hydrogen-bond donors (Lipinski definition) is 1. The molecule has 0 saturated carbocycles. The predicted molar refractivity (Wildman–Crippen MR) is 77.5 cm³/mol. The Morgan fingerprint density at radius 3 is 2.82 bits per heavy atom. The van der Waals surface area contributed by atoms with Crippen molar-refractivity contribution >= 4 is 31.9 Å². The van der Waals surface area contributed by atoms with Crippen molar-refractivity contribution in [3.63, 3.8) is 0 Å². The maximum atomic E-state index is 5.53. The molecule has 2 rings (SSSR count). The predicted octanol–water partition coefficient (Wildman–Crippen LogP) is 4.28. The Morgan fingerprint density at radius 2 is 2.18 bits per heavy atom. The molecule has 0 aromatic heterocycles. The van der Waals surface area contributed by atoms with Gasteiger partial charge in [0.05, 0.1) is 11.6 Å². The first-order valence-electron chi connectivity index (χ1n) is 5.93. The summed E-state index contributed by atoms with van der Waals surface area (Å²) >= 11 is 7.12. The Morgan fingerprint density at radius 1 is 1.41 bits per heavy atom. The second-order valence-electron chi connectivity index (χ2n) is 4.40. The van der Waals surface area contributed by atoms with E-state index in [1.54, 1.807) is 7.11 Å². The van der Waals surface area contributed by atoms with Crippen LogP contribution in [0.2, 0.25) is 0 Å². The standard InChI is InChI=1S/C13H17Br2NO/c1-3-8-4-5-16-12(8)10-6-9(14)7-11(15)13(10)17-2/h6-8,12,16H,3-5H2,1-2H3. The van der Waals surface area contributed by atoms with Crippen LogP contribution >= 0.6 is 31.9 Å². The molecular formula is C13H17Br2NO. The molecule has 94 valence electrons. The van der Waals surface area contributed by atoms with Crippen molar-refractivity contribution in [1.82, 2.24) is 5.32 Å². The average Bonchev–Trinajstić information content (AvgIpc) is 2.75. The number of halogens is 2. The lowest BCUT2D eigenvalue weighted by Gasteiger charge is -2.22. The second-order valence-corrected chi connectivity index (χ2v) is 6.17. The summed E-state index contributed by atoms with van der Waals surface area (Å²) in [6.45, 7) is 3.35. The van der Waals surface area contributed by atoms with E-state index in [2.05, 4.69) is 50.2 Å². The molecule has 2 nitrogen and oxygen atoms in total. The quantitative estimate of drug-likeness (QED) is 0.866. The molecule has 1 fully saturated rings. The van der Waals surface area contributed by atoms with Crippen LogP contribution in [0.5, 0.6) is 5.75 Å². The van der Waals surface area contributed by atoms with Gasteiger partial charge in [0.15, 0.2) is 0 Å². The molecule has 17 heavy (non-hydrogen) atoms. The van der Waals surface area contributed by atoms with Crippen LogP contribution in [0.3, 0.4) is 0 Å². The first kappa shape index (κ1) is 13.4. The van der Waals surface area contributed by atoms with Gasteiger partial charge in [0.1, 0.15) is 5.75 Å². The van der Waals surface area contributed by atoms with E-state index in [0.29, 0.717) is 12.0 Å². The fourth-order valence-electron chi connectivity index (χ4n) is 2.59. The van der Waals surface area contributed by atoms with Gasteiger partial charge in [-0.3, -0.25) is 0 Å². The molecule has 1 N–H and O–H groups in total. The minimum Gasteiger partial charge on any atom is -0.495 e. The van der Waals surface area contributed by atoms with Crippen LogP contribution in [0.1, 0.15) is 31.4 Å². The largest absolute Gasteiger partial charge is 0.495 e. The van der Waals surface area contributed by atoms with E-state index in [9.17, 15) is 0 Å². The van der Waals surface area contributed by atoms with Crippen LogP contribution < -0.4 is 10.1 Å². The highest BCUT2D eigenvalue weighted by Crippen LogP contribution is 2.41. The maximum Gasteiger partial charge on any atom is 0.137 e. The summed E-state index contributed by atoms with van der Waals surface area (Å²) in [4.78, 5) is 0. The van der Waals surface area contributed by atoms with Gasteiger partial charge >= 0.3 is 0 Å². The van der Waals surface area contributed by atoms with Gasteiger partial charge < -0.3 is 10.1 Å². The van der Waals surface area contributed by atoms with Crippen LogP contribution in [-0.4, -0.2) is 13.7 Å². The molecule has 2 unspecified atom stereocenters. The van der Waals surface area contributed by atoms with Gasteiger partial charge in [-0.1, -0.05) is 29.3 Å². The van der Waals surface area contributed by atoms with E-state index in [1.165, 1.54) is 18.4 Å². The van der Waals surface area contributed by atoms with Gasteiger partial charge in [0, 0.05) is 16.1 Å². The number of benzene rings is 1. The van der Waals surface area contributed by atoms with Crippen molar-refractivity contribution in [3.05, 3.63) is 26.6 Å². The Balaban J connectivity index is 2.42. The van der Waals surface area contributed by atoms with Crippen LogP contribution in [0.25, 0.3) is 0 Å². The molecule has 1 aromatic rings. The molecule has 0 amide bonds. The zero-order chi connectivity index (χ0) is 12.4. The minimum atomic E-state index is 0.406. The lowest BCUT2D eigenvalue weighted by atomic mass is 9.91. The van der Waals surface area contributed by atoms with E-state index >= 15 is 0 Å². The third-order valence-electron chi connectivity index (χ3n) is 3.45. The highest BCUT2D eigenvalue weighted by atomic mass is 79.9. The van der Waals surface area contributed by atoms with Crippen molar-refractivity contribution in [2.24, 2.45) is 5.92 Å². The summed E-state index contributed by atoms with van der Waals surface area (Å²) in [7, 11) is 1.73. The molecule has 1 aromatic carbocycles. The minimum absolute atomic E-state index is 0.406. The molecule has 1 aliphatic rings. The molecule has 1 saturated heterocycles. The Hall–Kier alpha value is -0.0600. The number of methoxy groups -OCH3 is 1. The molecule has 0 radical (unpaired) electrons. The number of rotatable bonds is 3. The normalized spacial score (nSPS) is 24.0. The molecule has 0 bridgehead atoms. The molecular weight excluding hydrogens is 346 g/mol. The zero-order valence-electron chi connectivity index (χ0n) is 10.1. The van der Waals surface area contributed by atoms with Gasteiger partial charge in [-0.2, -0.15) is 0 Å². The number of nitrogens with one attached hydrogen (secondary N) is 1. The molecule has 2 atom stereocenters. The van der Waals surface area contributed by atoms with Crippen molar-refractivity contribution < 1.29 is 4.74 Å². The third kappa shape index (κ3) is 2.69. The van der Waals surface area contributed by atoms with Gasteiger partial charge in [-0.15, -0.1) is 0 Å². The van der Waals surface area contributed by atoms with Gasteiger partial charge in [-0.05, 0) is 46.9 Å². The zero-order valence-corrected chi connectivity index (χ0v) is 13.3. The summed E-state index contributed by atoms with van der Waals surface area (Å²) < 4.78 is 7.62.